The van der Waals surface area contributed by atoms with Gasteiger partial charge in [-0.25, -0.2) is 8.42 Å². The van der Waals surface area contributed by atoms with Crippen LogP contribution in [0.5, 0.6) is 11.6 Å². The second-order valence-corrected chi connectivity index (χ2v) is 10.7. The van der Waals surface area contributed by atoms with Crippen molar-refractivity contribution in [2.75, 3.05) is 20.2 Å². The second kappa shape index (κ2) is 10.6. The molecule has 1 aromatic carbocycles. The van der Waals surface area contributed by atoms with Crippen LogP contribution < -0.4 is 10.3 Å². The second-order valence-electron chi connectivity index (χ2n) is 8.41. The molecule has 2 heterocycles. The van der Waals surface area contributed by atoms with Crippen LogP contribution in [0.3, 0.4) is 0 Å². The number of aromatic hydroxyl groups is 1. The summed E-state index contributed by atoms with van der Waals surface area (Å²) in [5, 5.41) is 10.6. The van der Waals surface area contributed by atoms with E-state index >= 15 is 0 Å². The lowest BCUT2D eigenvalue weighted by molar-refractivity contribution is 0.380. The van der Waals surface area contributed by atoms with Gasteiger partial charge in [0.15, 0.2) is 4.77 Å². The van der Waals surface area contributed by atoms with E-state index in [2.05, 4.69) is 9.98 Å². The van der Waals surface area contributed by atoms with Crippen molar-refractivity contribution in [2.24, 2.45) is 10.9 Å². The van der Waals surface area contributed by atoms with Crippen molar-refractivity contribution in [3.05, 3.63) is 38.9 Å². The molecular weight excluding hydrogens is 464 g/mol. The van der Waals surface area contributed by atoms with E-state index in [1.807, 2.05) is 13.8 Å². The van der Waals surface area contributed by atoms with Crippen LogP contribution in [0.15, 0.2) is 32.9 Å². The number of rotatable bonds is 7. The molecule has 0 bridgehead atoms. The molecule has 0 radical (unpaired) electrons. The molecule has 0 aliphatic carbocycles. The lowest BCUT2D eigenvalue weighted by atomic mass is 10.2. The van der Waals surface area contributed by atoms with Gasteiger partial charge in [-0.2, -0.15) is 4.31 Å². The maximum Gasteiger partial charge on any atom is 0.264 e. The van der Waals surface area contributed by atoms with Gasteiger partial charge in [-0.05, 0) is 49.2 Å². The molecule has 2 N–H and O–H groups in total. The molecule has 1 aliphatic rings. The van der Waals surface area contributed by atoms with Crippen LogP contribution in [0.4, 0.5) is 5.69 Å². The fourth-order valence-corrected chi connectivity index (χ4v) is 5.51. The summed E-state index contributed by atoms with van der Waals surface area (Å²) in [6, 6.07) is 4.45. The fraction of sp³-hybridized carbons (Fsp3) is 0.500. The number of aromatic amines is 1. The maximum absolute atomic E-state index is 13.2. The van der Waals surface area contributed by atoms with E-state index in [1.54, 1.807) is 0 Å². The van der Waals surface area contributed by atoms with Crippen LogP contribution in [0, 0.1) is 10.7 Å². The number of benzene rings is 1. The Morgan fingerprint density at radius 1 is 1.24 bits per heavy atom. The number of aliphatic imine (C=N–C) groups is 1. The molecule has 1 aromatic heterocycles. The standard InChI is InChI=1S/C22H30N4O5S2/c1-15(2)14-26-21(28)17(20(27)24-22(26)32)13-23-18-12-16(8-9-19(18)31-3)33(29,30)25-10-6-4-5-7-11-25/h8-9,12-13,15,28H,4-7,10-11,14H2,1-3H3,(H,24,27,32). The van der Waals surface area contributed by atoms with Crippen molar-refractivity contribution in [1.82, 2.24) is 13.9 Å². The molecule has 0 spiro atoms. The molecule has 180 valence electrons. The Bertz CT molecular complexity index is 1240. The van der Waals surface area contributed by atoms with E-state index < -0.39 is 15.6 Å². The predicted molar refractivity (Wildman–Crippen MR) is 130 cm³/mol. The van der Waals surface area contributed by atoms with Gasteiger partial charge in [-0.15, -0.1) is 0 Å². The molecule has 2 aromatic rings. The molecule has 9 nitrogen and oxygen atoms in total. The van der Waals surface area contributed by atoms with Gasteiger partial charge in [0.1, 0.15) is 17.0 Å². The lowest BCUT2D eigenvalue weighted by Gasteiger charge is -2.20. The summed E-state index contributed by atoms with van der Waals surface area (Å²) in [5.74, 6) is 0.222. The third-order valence-electron chi connectivity index (χ3n) is 5.44. The Balaban J connectivity index is 2.02. The summed E-state index contributed by atoms with van der Waals surface area (Å²) >= 11 is 5.16. The van der Waals surface area contributed by atoms with Crippen LogP contribution in [-0.4, -0.2) is 53.8 Å². The average Bonchev–Trinajstić information content (AvgIpc) is 3.06. The van der Waals surface area contributed by atoms with Crippen LogP contribution in [-0.2, 0) is 16.6 Å². The van der Waals surface area contributed by atoms with Crippen LogP contribution in [0.1, 0.15) is 45.1 Å². The SMILES string of the molecule is COc1ccc(S(=O)(=O)N2CCCCCC2)cc1N=Cc1c(O)n(CC(C)C)c(=S)[nH]c1=O. The zero-order valence-corrected chi connectivity index (χ0v) is 20.7. The van der Waals surface area contributed by atoms with Crippen LogP contribution in [0.2, 0.25) is 0 Å². The Kier molecular flexibility index (Phi) is 8.09. The van der Waals surface area contributed by atoms with E-state index in [0.717, 1.165) is 25.7 Å². The lowest BCUT2D eigenvalue weighted by Crippen LogP contribution is -2.31. The third-order valence-corrected chi connectivity index (χ3v) is 7.66. The first-order valence-electron chi connectivity index (χ1n) is 10.9. The minimum absolute atomic E-state index is 0.0768. The Hall–Kier alpha value is -2.50. The number of H-pyrrole nitrogens is 1. The smallest absolute Gasteiger partial charge is 0.264 e. The minimum Gasteiger partial charge on any atom is -0.494 e. The highest BCUT2D eigenvalue weighted by Gasteiger charge is 2.26. The first-order valence-corrected chi connectivity index (χ1v) is 12.8. The van der Waals surface area contributed by atoms with Crippen molar-refractivity contribution in [1.29, 1.82) is 0 Å². The van der Waals surface area contributed by atoms with Crippen molar-refractivity contribution in [2.45, 2.75) is 51.0 Å². The molecule has 11 heteroatoms. The molecule has 1 saturated heterocycles. The highest BCUT2D eigenvalue weighted by Crippen LogP contribution is 2.32. The Morgan fingerprint density at radius 2 is 1.91 bits per heavy atom. The first kappa shape index (κ1) is 25.1. The van der Waals surface area contributed by atoms with Gasteiger partial charge >= 0.3 is 0 Å². The van der Waals surface area contributed by atoms with Crippen molar-refractivity contribution >= 4 is 34.1 Å². The molecular formula is C22H30N4O5S2. The summed E-state index contributed by atoms with van der Waals surface area (Å²) in [7, 11) is -2.24. The molecule has 0 atom stereocenters. The average molecular weight is 495 g/mol. The highest BCUT2D eigenvalue weighted by molar-refractivity contribution is 7.89. The summed E-state index contributed by atoms with van der Waals surface area (Å²) in [6.45, 7) is 5.30. The number of nitrogens with one attached hydrogen (secondary N) is 1. The van der Waals surface area contributed by atoms with Gasteiger partial charge in [0.05, 0.1) is 12.0 Å². The van der Waals surface area contributed by atoms with Crippen molar-refractivity contribution in [3.63, 3.8) is 0 Å². The zero-order valence-electron chi connectivity index (χ0n) is 19.1. The predicted octanol–water partition coefficient (Wildman–Crippen LogP) is 3.59. The molecule has 0 amide bonds. The largest absolute Gasteiger partial charge is 0.494 e. The van der Waals surface area contributed by atoms with Gasteiger partial charge in [0.2, 0.25) is 15.9 Å². The molecule has 1 aliphatic heterocycles. The number of nitrogens with zero attached hydrogens (tertiary/aromatic N) is 3. The highest BCUT2D eigenvalue weighted by atomic mass is 32.2. The molecule has 33 heavy (non-hydrogen) atoms. The molecule has 1 fully saturated rings. The van der Waals surface area contributed by atoms with E-state index in [1.165, 1.54) is 40.4 Å². The van der Waals surface area contributed by atoms with E-state index in [-0.39, 0.29) is 32.7 Å². The van der Waals surface area contributed by atoms with Crippen molar-refractivity contribution in [3.8, 4) is 11.6 Å². The summed E-state index contributed by atoms with van der Waals surface area (Å²) in [4.78, 5) is 19.4. The van der Waals surface area contributed by atoms with Crippen molar-refractivity contribution < 1.29 is 18.3 Å². The van der Waals surface area contributed by atoms with E-state index in [0.29, 0.717) is 25.4 Å². The zero-order chi connectivity index (χ0) is 24.2. The number of hydrogen-bond acceptors (Lipinski definition) is 7. The molecule has 0 saturated carbocycles. The van der Waals surface area contributed by atoms with Gasteiger partial charge in [-0.1, -0.05) is 26.7 Å². The van der Waals surface area contributed by atoms with Gasteiger partial charge in [-0.3, -0.25) is 19.3 Å². The van der Waals surface area contributed by atoms with E-state index in [9.17, 15) is 18.3 Å². The Morgan fingerprint density at radius 3 is 2.52 bits per heavy atom. The Labute approximate surface area is 198 Å². The number of aromatic nitrogens is 2. The topological polar surface area (TPSA) is 117 Å². The van der Waals surface area contributed by atoms with E-state index in [4.69, 9.17) is 17.0 Å². The fourth-order valence-electron chi connectivity index (χ4n) is 3.72. The number of ether oxygens (including phenoxy) is 1. The number of sulfonamides is 1. The molecule has 0 unspecified atom stereocenters. The minimum atomic E-state index is -3.69. The van der Waals surface area contributed by atoms with Crippen LogP contribution in [0.25, 0.3) is 0 Å². The number of hydrogen-bond donors (Lipinski definition) is 2. The molecule has 3 rings (SSSR count). The normalized spacial score (nSPS) is 15.8. The van der Waals surface area contributed by atoms with Gasteiger partial charge < -0.3 is 9.84 Å². The van der Waals surface area contributed by atoms with Gasteiger partial charge in [0, 0.05) is 25.8 Å². The first-order chi connectivity index (χ1) is 15.6. The third kappa shape index (κ3) is 5.71. The summed E-state index contributed by atoms with van der Waals surface area (Å²) in [6.07, 6.45) is 4.89. The van der Waals surface area contributed by atoms with Gasteiger partial charge in [0.25, 0.3) is 5.56 Å². The maximum atomic E-state index is 13.2. The number of methoxy groups -OCH3 is 1. The quantitative estimate of drug-likeness (QED) is 0.449. The monoisotopic (exact) mass is 494 g/mol. The summed E-state index contributed by atoms with van der Waals surface area (Å²) < 4.78 is 34.7. The summed E-state index contributed by atoms with van der Waals surface area (Å²) in [5.41, 5.74) is -0.439. The van der Waals surface area contributed by atoms with Crippen LogP contribution >= 0.6 is 12.2 Å².